The molecule has 0 bridgehead atoms. The lowest BCUT2D eigenvalue weighted by Gasteiger charge is -2.11. The molecule has 0 atom stereocenters. The number of anilines is 1. The predicted molar refractivity (Wildman–Crippen MR) is 116 cm³/mol. The monoisotopic (exact) mass is 396 g/mol. The number of hydrogen-bond acceptors (Lipinski definition) is 4. The van der Waals surface area contributed by atoms with Gasteiger partial charge in [0.1, 0.15) is 24.0 Å². The van der Waals surface area contributed by atoms with E-state index in [4.69, 9.17) is 4.74 Å². The zero-order valence-corrected chi connectivity index (χ0v) is 16.5. The minimum Gasteiger partial charge on any atom is -0.488 e. The van der Waals surface area contributed by atoms with Crippen LogP contribution in [-0.2, 0) is 11.4 Å². The average molecular weight is 396 g/mol. The van der Waals surface area contributed by atoms with E-state index in [1.54, 1.807) is 42.5 Å². The number of ether oxygens (including phenoxy) is 1. The topological polar surface area (TPSA) is 79.2 Å². The molecule has 0 saturated carbocycles. The number of benzene rings is 3. The summed E-state index contributed by atoms with van der Waals surface area (Å²) in [5, 5.41) is 12.2. The zero-order valence-electron chi connectivity index (χ0n) is 16.5. The molecule has 0 unspecified atom stereocenters. The van der Waals surface area contributed by atoms with Crippen LogP contribution in [0.25, 0.3) is 6.08 Å². The van der Waals surface area contributed by atoms with Crippen molar-refractivity contribution in [3.63, 3.8) is 0 Å². The molecule has 30 heavy (non-hydrogen) atoms. The van der Waals surface area contributed by atoms with E-state index in [9.17, 15) is 14.9 Å². The van der Waals surface area contributed by atoms with Crippen molar-refractivity contribution in [2.75, 3.05) is 5.32 Å². The quantitative estimate of drug-likeness (QED) is 0.346. The Kier molecular flexibility index (Phi) is 6.75. The van der Waals surface area contributed by atoms with E-state index >= 15 is 0 Å². The van der Waals surface area contributed by atoms with E-state index in [-0.39, 0.29) is 11.4 Å². The summed E-state index contributed by atoms with van der Waals surface area (Å²) in [4.78, 5) is 24.4. The summed E-state index contributed by atoms with van der Waals surface area (Å²) in [6.45, 7) is 1.79. The first-order valence-corrected chi connectivity index (χ1v) is 9.37. The molecule has 0 saturated heterocycles. The molecule has 3 aromatic carbocycles. The van der Waals surface area contributed by atoms with E-state index in [1.807, 2.05) is 42.5 Å². The normalized spacial score (nSPS) is 10.7. The Bertz CT molecular complexity index is 1130. The molecule has 0 fully saturated rings. The van der Waals surface area contributed by atoms with Gasteiger partial charge in [-0.15, -0.1) is 0 Å². The number of nitrogens with one attached hydrogen (secondary N) is 1. The highest BCUT2D eigenvalue weighted by molar-refractivity contribution is 6.12. The van der Waals surface area contributed by atoms with Crippen LogP contribution in [-0.4, -0.2) is 11.7 Å². The molecule has 3 rings (SSSR count). The van der Waals surface area contributed by atoms with Crippen LogP contribution < -0.4 is 10.1 Å². The van der Waals surface area contributed by atoms with Crippen molar-refractivity contribution >= 4 is 23.5 Å². The molecular weight excluding hydrogens is 376 g/mol. The van der Waals surface area contributed by atoms with E-state index in [1.165, 1.54) is 13.0 Å². The van der Waals surface area contributed by atoms with E-state index < -0.39 is 5.91 Å². The van der Waals surface area contributed by atoms with Gasteiger partial charge in [0.2, 0.25) is 0 Å². The summed E-state index contributed by atoms with van der Waals surface area (Å²) in [5.74, 6) is -0.205. The molecule has 0 aliphatic carbocycles. The molecule has 1 amide bonds. The molecular formula is C25H20N2O3. The van der Waals surface area contributed by atoms with Gasteiger partial charge in [-0.2, -0.15) is 5.26 Å². The van der Waals surface area contributed by atoms with Crippen molar-refractivity contribution < 1.29 is 14.3 Å². The number of hydrogen-bond donors (Lipinski definition) is 1. The molecule has 0 aliphatic heterocycles. The van der Waals surface area contributed by atoms with Crippen LogP contribution in [0.4, 0.5) is 5.69 Å². The molecule has 0 aromatic heterocycles. The summed E-state index contributed by atoms with van der Waals surface area (Å²) in [6.07, 6.45) is 1.48. The first-order chi connectivity index (χ1) is 14.6. The van der Waals surface area contributed by atoms with Crippen molar-refractivity contribution in [3.8, 4) is 11.8 Å². The van der Waals surface area contributed by atoms with Crippen LogP contribution in [0.15, 0.2) is 84.4 Å². The molecule has 0 heterocycles. The number of ketones is 1. The third kappa shape index (κ3) is 5.21. The Hall–Kier alpha value is -4.17. The third-order valence-electron chi connectivity index (χ3n) is 4.38. The van der Waals surface area contributed by atoms with Gasteiger partial charge >= 0.3 is 0 Å². The SMILES string of the molecule is CC(=O)c1ccccc1NC(=O)/C(C#N)=C\c1ccccc1OCc1ccccc1. The van der Waals surface area contributed by atoms with Gasteiger partial charge in [0, 0.05) is 11.1 Å². The predicted octanol–water partition coefficient (Wildman–Crippen LogP) is 5.01. The lowest BCUT2D eigenvalue weighted by Crippen LogP contribution is -2.15. The highest BCUT2D eigenvalue weighted by Gasteiger charge is 2.14. The number of nitrogens with zero attached hydrogens (tertiary/aromatic N) is 1. The summed E-state index contributed by atoms with van der Waals surface area (Å²) in [6, 6.07) is 25.5. The van der Waals surface area contributed by atoms with Crippen molar-refractivity contribution in [3.05, 3.63) is 101 Å². The van der Waals surface area contributed by atoms with Gasteiger partial charge in [-0.25, -0.2) is 0 Å². The molecule has 5 heteroatoms. The Morgan fingerprint density at radius 2 is 1.63 bits per heavy atom. The Morgan fingerprint density at radius 1 is 0.967 bits per heavy atom. The summed E-state index contributed by atoms with van der Waals surface area (Å²) >= 11 is 0. The summed E-state index contributed by atoms with van der Waals surface area (Å²) in [5.41, 5.74) is 2.28. The zero-order chi connectivity index (χ0) is 21.3. The fraction of sp³-hybridized carbons (Fsp3) is 0.0800. The van der Waals surface area contributed by atoms with Crippen molar-refractivity contribution in [1.82, 2.24) is 0 Å². The lowest BCUT2D eigenvalue weighted by molar-refractivity contribution is -0.112. The van der Waals surface area contributed by atoms with Gasteiger partial charge in [-0.1, -0.05) is 60.7 Å². The maximum absolute atomic E-state index is 12.7. The van der Waals surface area contributed by atoms with Crippen LogP contribution in [0, 0.1) is 11.3 Å². The maximum atomic E-state index is 12.7. The summed E-state index contributed by atoms with van der Waals surface area (Å²) in [7, 11) is 0. The van der Waals surface area contributed by atoms with Crippen molar-refractivity contribution in [1.29, 1.82) is 5.26 Å². The van der Waals surface area contributed by atoms with Crippen molar-refractivity contribution in [2.45, 2.75) is 13.5 Å². The Labute approximate surface area is 175 Å². The van der Waals surface area contributed by atoms with Crippen molar-refractivity contribution in [2.24, 2.45) is 0 Å². The smallest absolute Gasteiger partial charge is 0.266 e. The fourth-order valence-electron chi connectivity index (χ4n) is 2.86. The minimum absolute atomic E-state index is 0.0934. The molecule has 1 N–H and O–H groups in total. The highest BCUT2D eigenvalue weighted by Crippen LogP contribution is 2.23. The summed E-state index contributed by atoms with van der Waals surface area (Å²) < 4.78 is 5.89. The van der Waals surface area contributed by atoms with Crippen LogP contribution in [0.5, 0.6) is 5.75 Å². The fourth-order valence-corrected chi connectivity index (χ4v) is 2.86. The largest absolute Gasteiger partial charge is 0.488 e. The van der Waals surface area contributed by atoms with Gasteiger partial charge in [0.15, 0.2) is 5.78 Å². The minimum atomic E-state index is -0.593. The number of para-hydroxylation sites is 2. The van der Waals surface area contributed by atoms with Gasteiger partial charge in [0.25, 0.3) is 5.91 Å². The molecule has 0 aliphatic rings. The number of Topliss-reactive ketones (excluding diaryl/α,β-unsaturated/α-hetero) is 1. The first-order valence-electron chi connectivity index (χ1n) is 9.37. The maximum Gasteiger partial charge on any atom is 0.266 e. The van der Waals surface area contributed by atoms with E-state index in [0.29, 0.717) is 29.2 Å². The Morgan fingerprint density at radius 3 is 2.37 bits per heavy atom. The van der Waals surface area contributed by atoms with Gasteiger partial charge in [-0.05, 0) is 36.8 Å². The number of rotatable bonds is 7. The number of amides is 1. The third-order valence-corrected chi connectivity index (χ3v) is 4.38. The Balaban J connectivity index is 1.82. The van der Waals surface area contributed by atoms with E-state index in [2.05, 4.69) is 5.32 Å². The van der Waals surface area contributed by atoms with Gasteiger partial charge in [-0.3, -0.25) is 9.59 Å². The average Bonchev–Trinajstić information content (AvgIpc) is 2.77. The second kappa shape index (κ2) is 9.85. The molecule has 5 nitrogen and oxygen atoms in total. The molecule has 0 radical (unpaired) electrons. The molecule has 3 aromatic rings. The first kappa shape index (κ1) is 20.6. The van der Waals surface area contributed by atoms with Crippen LogP contribution in [0.3, 0.4) is 0 Å². The standard InChI is InChI=1S/C25H20N2O3/c1-18(28)22-12-6-7-13-23(22)27-25(29)21(16-26)15-20-11-5-8-14-24(20)30-17-19-9-3-2-4-10-19/h2-15H,17H2,1H3,(H,27,29)/b21-15-. The molecule has 148 valence electrons. The van der Waals surface area contributed by atoms with Crippen LogP contribution in [0.2, 0.25) is 0 Å². The van der Waals surface area contributed by atoms with Crippen LogP contribution >= 0.6 is 0 Å². The number of nitriles is 1. The van der Waals surface area contributed by atoms with E-state index in [0.717, 1.165) is 5.56 Å². The van der Waals surface area contributed by atoms with Gasteiger partial charge in [0.05, 0.1) is 5.69 Å². The van der Waals surface area contributed by atoms with Crippen LogP contribution in [0.1, 0.15) is 28.4 Å². The van der Waals surface area contributed by atoms with Gasteiger partial charge < -0.3 is 10.1 Å². The number of carbonyl (C=O) groups excluding carboxylic acids is 2. The number of carbonyl (C=O) groups is 2. The lowest BCUT2D eigenvalue weighted by atomic mass is 10.1. The highest BCUT2D eigenvalue weighted by atomic mass is 16.5. The second-order valence-electron chi connectivity index (χ2n) is 6.54. The second-order valence-corrected chi connectivity index (χ2v) is 6.54. The molecule has 0 spiro atoms.